The minimum Gasteiger partial charge on any atom is -0.385 e. The molecule has 0 bridgehead atoms. The highest BCUT2D eigenvalue weighted by molar-refractivity contribution is 6.04. The van der Waals surface area contributed by atoms with Gasteiger partial charge in [0.15, 0.2) is 0 Å². The number of nitrogens with zero attached hydrogens (tertiary/aromatic N) is 2. The van der Waals surface area contributed by atoms with Gasteiger partial charge in [0, 0.05) is 52.1 Å². The first-order valence-corrected chi connectivity index (χ1v) is 9.24. The van der Waals surface area contributed by atoms with Crippen molar-refractivity contribution in [2.45, 2.75) is 27.2 Å². The van der Waals surface area contributed by atoms with Crippen LogP contribution < -0.4 is 10.2 Å². The Bertz CT molecular complexity index is 622. The summed E-state index contributed by atoms with van der Waals surface area (Å²) in [6.07, 6.45) is 0.738. The number of methoxy groups -OCH3 is 1. The van der Waals surface area contributed by atoms with Crippen LogP contribution in [0.1, 0.15) is 25.8 Å². The van der Waals surface area contributed by atoms with Gasteiger partial charge in [-0.3, -0.25) is 9.59 Å². The van der Waals surface area contributed by atoms with E-state index in [9.17, 15) is 9.59 Å². The highest BCUT2D eigenvalue weighted by atomic mass is 16.5. The number of nitrogens with one attached hydrogen (secondary N) is 1. The van der Waals surface area contributed by atoms with E-state index in [-0.39, 0.29) is 11.8 Å². The zero-order valence-corrected chi connectivity index (χ0v) is 16.4. The van der Waals surface area contributed by atoms with Gasteiger partial charge in [-0.25, -0.2) is 0 Å². The smallest absolute Gasteiger partial charge is 0.237 e. The van der Waals surface area contributed by atoms with Gasteiger partial charge < -0.3 is 19.9 Å². The zero-order chi connectivity index (χ0) is 19.2. The van der Waals surface area contributed by atoms with E-state index < -0.39 is 5.41 Å². The van der Waals surface area contributed by atoms with E-state index in [1.807, 2.05) is 0 Å². The number of carbonyl (C=O) groups excluding carboxylic acids is 2. The van der Waals surface area contributed by atoms with Crippen LogP contribution in [-0.2, 0) is 14.3 Å². The highest BCUT2D eigenvalue weighted by Crippen LogP contribution is 2.23. The van der Waals surface area contributed by atoms with Crippen molar-refractivity contribution in [3.63, 3.8) is 0 Å². The van der Waals surface area contributed by atoms with Gasteiger partial charge >= 0.3 is 0 Å². The summed E-state index contributed by atoms with van der Waals surface area (Å²) in [4.78, 5) is 29.4. The molecule has 1 aliphatic rings. The Morgan fingerprint density at radius 3 is 2.50 bits per heavy atom. The summed E-state index contributed by atoms with van der Waals surface area (Å²) in [5.41, 5.74) is 1.36. The van der Waals surface area contributed by atoms with E-state index >= 15 is 0 Å². The van der Waals surface area contributed by atoms with Crippen LogP contribution in [0.15, 0.2) is 24.3 Å². The molecule has 26 heavy (non-hydrogen) atoms. The summed E-state index contributed by atoms with van der Waals surface area (Å²) in [7, 11) is 1.63. The van der Waals surface area contributed by atoms with E-state index in [4.69, 9.17) is 4.74 Å². The number of rotatable bonds is 7. The second-order valence-electron chi connectivity index (χ2n) is 7.35. The van der Waals surface area contributed by atoms with Gasteiger partial charge in [-0.2, -0.15) is 0 Å². The summed E-state index contributed by atoms with van der Waals surface area (Å²) in [5.74, 6) is -0.328. The van der Waals surface area contributed by atoms with Crippen LogP contribution in [0.2, 0.25) is 0 Å². The first kappa shape index (κ1) is 20.2. The van der Waals surface area contributed by atoms with Gasteiger partial charge in [-0.15, -0.1) is 0 Å². The van der Waals surface area contributed by atoms with Crippen LogP contribution in [0.25, 0.3) is 0 Å². The van der Waals surface area contributed by atoms with E-state index in [1.54, 1.807) is 25.9 Å². The summed E-state index contributed by atoms with van der Waals surface area (Å²) in [6.45, 7) is 9.42. The molecule has 144 valence electrons. The fraction of sp³-hybridized carbons (Fsp3) is 0.600. The lowest BCUT2D eigenvalue weighted by Gasteiger charge is -2.39. The minimum absolute atomic E-state index is 0.106. The van der Waals surface area contributed by atoms with Crippen molar-refractivity contribution < 1.29 is 14.3 Å². The molecule has 0 aliphatic carbocycles. The molecule has 0 unspecified atom stereocenters. The summed E-state index contributed by atoms with van der Waals surface area (Å²) < 4.78 is 4.97. The van der Waals surface area contributed by atoms with Gasteiger partial charge in [0.2, 0.25) is 11.8 Å². The van der Waals surface area contributed by atoms with Crippen molar-refractivity contribution in [3.05, 3.63) is 29.8 Å². The maximum Gasteiger partial charge on any atom is 0.237 e. The van der Waals surface area contributed by atoms with Crippen molar-refractivity contribution in [1.82, 2.24) is 10.2 Å². The van der Waals surface area contributed by atoms with Crippen LogP contribution in [0.4, 0.5) is 5.69 Å². The third-order valence-electron chi connectivity index (χ3n) is 4.85. The van der Waals surface area contributed by atoms with Crippen LogP contribution in [-0.4, -0.2) is 63.2 Å². The average Bonchev–Trinajstić information content (AvgIpc) is 2.64. The molecule has 2 rings (SSSR count). The van der Waals surface area contributed by atoms with Crippen LogP contribution >= 0.6 is 0 Å². The third-order valence-corrected chi connectivity index (χ3v) is 4.85. The number of benzene rings is 1. The molecule has 0 spiro atoms. The molecular weight excluding hydrogens is 330 g/mol. The fourth-order valence-electron chi connectivity index (χ4n) is 3.12. The number of anilines is 1. The number of hydrogen-bond acceptors (Lipinski definition) is 4. The third kappa shape index (κ3) is 4.97. The largest absolute Gasteiger partial charge is 0.385 e. The first-order chi connectivity index (χ1) is 12.4. The second-order valence-corrected chi connectivity index (χ2v) is 7.35. The summed E-state index contributed by atoms with van der Waals surface area (Å²) >= 11 is 0. The van der Waals surface area contributed by atoms with Crippen molar-refractivity contribution in [3.8, 4) is 0 Å². The summed E-state index contributed by atoms with van der Waals surface area (Å²) in [5, 5.41) is 2.84. The summed E-state index contributed by atoms with van der Waals surface area (Å²) in [6, 6.07) is 8.40. The van der Waals surface area contributed by atoms with E-state index in [0.29, 0.717) is 26.2 Å². The van der Waals surface area contributed by atoms with E-state index in [1.165, 1.54) is 11.3 Å². The quantitative estimate of drug-likeness (QED) is 0.594. The molecule has 1 aromatic carbocycles. The molecule has 1 aromatic rings. The molecule has 2 amide bonds. The number of carbonyl (C=O) groups is 2. The number of amides is 2. The minimum atomic E-state index is -1.06. The standard InChI is InChI=1S/C20H31N3O3/c1-16-7-5-8-17(15-16)22-10-12-23(13-11-22)19(25)20(2,3)18(24)21-9-6-14-26-4/h5,7-8,15H,6,9-14H2,1-4H3,(H,21,24). The molecule has 0 atom stereocenters. The fourth-order valence-corrected chi connectivity index (χ4v) is 3.12. The lowest BCUT2D eigenvalue weighted by Crippen LogP contribution is -2.55. The molecule has 1 fully saturated rings. The van der Waals surface area contributed by atoms with Crippen molar-refractivity contribution in [2.24, 2.45) is 5.41 Å². The zero-order valence-electron chi connectivity index (χ0n) is 16.4. The topological polar surface area (TPSA) is 61.9 Å². The van der Waals surface area contributed by atoms with Gasteiger partial charge in [-0.1, -0.05) is 12.1 Å². The molecule has 0 aromatic heterocycles. The number of aryl methyl sites for hydroxylation is 1. The van der Waals surface area contributed by atoms with Gasteiger partial charge in [-0.05, 0) is 44.9 Å². The molecule has 0 saturated carbocycles. The number of hydrogen-bond donors (Lipinski definition) is 1. The second kappa shape index (κ2) is 9.03. The first-order valence-electron chi connectivity index (χ1n) is 9.24. The lowest BCUT2D eigenvalue weighted by molar-refractivity contribution is -0.148. The van der Waals surface area contributed by atoms with Gasteiger partial charge in [0.25, 0.3) is 0 Å². The molecule has 6 nitrogen and oxygen atoms in total. The van der Waals surface area contributed by atoms with Crippen LogP contribution in [0.3, 0.4) is 0 Å². The predicted molar refractivity (Wildman–Crippen MR) is 103 cm³/mol. The molecule has 0 radical (unpaired) electrons. The maximum atomic E-state index is 12.9. The molecule has 6 heteroatoms. The Kier molecular flexibility index (Phi) is 7.03. The SMILES string of the molecule is COCCCNC(=O)C(C)(C)C(=O)N1CCN(c2cccc(C)c2)CC1. The molecule has 1 N–H and O–H groups in total. The number of piperazine rings is 1. The molecule has 1 aliphatic heterocycles. The van der Waals surface area contributed by atoms with Gasteiger partial charge in [0.1, 0.15) is 5.41 Å². The molecular formula is C20H31N3O3. The van der Waals surface area contributed by atoms with Crippen molar-refractivity contribution in [2.75, 3.05) is 51.3 Å². The Morgan fingerprint density at radius 2 is 1.88 bits per heavy atom. The maximum absolute atomic E-state index is 12.9. The Labute approximate surface area is 156 Å². The van der Waals surface area contributed by atoms with Crippen LogP contribution in [0, 0.1) is 12.3 Å². The Balaban J connectivity index is 1.89. The lowest BCUT2D eigenvalue weighted by atomic mass is 9.90. The molecule has 1 saturated heterocycles. The Hall–Kier alpha value is -2.08. The van der Waals surface area contributed by atoms with E-state index in [0.717, 1.165) is 19.5 Å². The highest BCUT2D eigenvalue weighted by Gasteiger charge is 2.39. The monoisotopic (exact) mass is 361 g/mol. The Morgan fingerprint density at radius 1 is 1.19 bits per heavy atom. The average molecular weight is 361 g/mol. The van der Waals surface area contributed by atoms with Crippen molar-refractivity contribution >= 4 is 17.5 Å². The predicted octanol–water partition coefficient (Wildman–Crippen LogP) is 1.82. The van der Waals surface area contributed by atoms with Crippen LogP contribution in [0.5, 0.6) is 0 Å². The molecule has 1 heterocycles. The van der Waals surface area contributed by atoms with E-state index in [2.05, 4.69) is 41.4 Å². The number of ether oxygens (including phenoxy) is 1. The van der Waals surface area contributed by atoms with Gasteiger partial charge in [0.05, 0.1) is 0 Å². The van der Waals surface area contributed by atoms with Crippen molar-refractivity contribution in [1.29, 1.82) is 0 Å². The normalized spacial score (nSPS) is 15.1.